The molecule has 7 heteroatoms. The van der Waals surface area contributed by atoms with Gasteiger partial charge in [-0.25, -0.2) is 9.97 Å². The Kier molecular flexibility index (Phi) is 6.29. The summed E-state index contributed by atoms with van der Waals surface area (Å²) >= 11 is 0. The molecule has 0 aliphatic rings. The van der Waals surface area contributed by atoms with Crippen LogP contribution in [-0.2, 0) is 6.54 Å². The van der Waals surface area contributed by atoms with Crippen LogP contribution in [0.1, 0.15) is 19.4 Å². The van der Waals surface area contributed by atoms with E-state index in [4.69, 9.17) is 0 Å². The van der Waals surface area contributed by atoms with Gasteiger partial charge in [-0.05, 0) is 36.9 Å². The Bertz CT molecular complexity index is 957. The predicted molar refractivity (Wildman–Crippen MR) is 110 cm³/mol. The van der Waals surface area contributed by atoms with Crippen LogP contribution in [-0.4, -0.2) is 32.9 Å². The quantitative estimate of drug-likeness (QED) is 0.455. The monoisotopic (exact) mass is 377 g/mol. The number of aromatic nitrogens is 2. The fourth-order valence-electron chi connectivity index (χ4n) is 2.94. The lowest BCUT2D eigenvalue weighted by molar-refractivity contribution is -0.384. The SMILES string of the molecule is CCN(CC)Cc1cccc(-c2ccnc(Nc3cccc([N+](=O)[O-])c3)n2)c1. The van der Waals surface area contributed by atoms with Crippen LogP contribution in [0.3, 0.4) is 0 Å². The average molecular weight is 377 g/mol. The fraction of sp³-hybridized carbons (Fsp3) is 0.238. The van der Waals surface area contributed by atoms with Crippen molar-refractivity contribution < 1.29 is 4.92 Å². The number of nitro groups is 1. The van der Waals surface area contributed by atoms with E-state index in [0.29, 0.717) is 11.6 Å². The number of nitro benzene ring substituents is 1. The Morgan fingerprint density at radius 2 is 1.86 bits per heavy atom. The van der Waals surface area contributed by atoms with Gasteiger partial charge in [0, 0.05) is 36.1 Å². The third kappa shape index (κ3) is 4.89. The highest BCUT2D eigenvalue weighted by atomic mass is 16.6. The number of hydrogen-bond acceptors (Lipinski definition) is 6. The first-order chi connectivity index (χ1) is 13.6. The Hall–Kier alpha value is -3.32. The van der Waals surface area contributed by atoms with Crippen LogP contribution < -0.4 is 5.32 Å². The summed E-state index contributed by atoms with van der Waals surface area (Å²) in [5.41, 5.74) is 3.62. The zero-order valence-corrected chi connectivity index (χ0v) is 16.0. The molecular formula is C21H23N5O2. The molecule has 0 fully saturated rings. The molecule has 3 aromatic rings. The van der Waals surface area contributed by atoms with E-state index in [1.807, 2.05) is 18.2 Å². The van der Waals surface area contributed by atoms with Gasteiger partial charge < -0.3 is 5.32 Å². The molecule has 2 aromatic carbocycles. The Morgan fingerprint density at radius 3 is 2.61 bits per heavy atom. The summed E-state index contributed by atoms with van der Waals surface area (Å²) in [5.74, 6) is 0.396. The summed E-state index contributed by atoms with van der Waals surface area (Å²) < 4.78 is 0. The lowest BCUT2D eigenvalue weighted by Gasteiger charge is -2.18. The van der Waals surface area contributed by atoms with Gasteiger partial charge in [-0.1, -0.05) is 38.1 Å². The number of hydrogen-bond donors (Lipinski definition) is 1. The molecule has 0 radical (unpaired) electrons. The van der Waals surface area contributed by atoms with Crippen molar-refractivity contribution in [1.82, 2.24) is 14.9 Å². The van der Waals surface area contributed by atoms with E-state index < -0.39 is 4.92 Å². The van der Waals surface area contributed by atoms with Crippen LogP contribution in [0.5, 0.6) is 0 Å². The zero-order valence-electron chi connectivity index (χ0n) is 16.0. The molecular weight excluding hydrogens is 354 g/mol. The smallest absolute Gasteiger partial charge is 0.271 e. The number of nitrogens with one attached hydrogen (secondary N) is 1. The molecule has 3 rings (SSSR count). The molecule has 144 valence electrons. The maximum absolute atomic E-state index is 10.9. The average Bonchev–Trinajstić information content (AvgIpc) is 2.72. The van der Waals surface area contributed by atoms with Gasteiger partial charge in [0.15, 0.2) is 0 Å². The molecule has 0 aliphatic heterocycles. The van der Waals surface area contributed by atoms with Gasteiger partial charge in [0.2, 0.25) is 5.95 Å². The summed E-state index contributed by atoms with van der Waals surface area (Å²) in [4.78, 5) is 21.7. The zero-order chi connectivity index (χ0) is 19.9. The van der Waals surface area contributed by atoms with Gasteiger partial charge in [-0.2, -0.15) is 0 Å². The highest BCUT2D eigenvalue weighted by molar-refractivity contribution is 5.63. The van der Waals surface area contributed by atoms with Gasteiger partial charge in [0.1, 0.15) is 0 Å². The van der Waals surface area contributed by atoms with Crippen molar-refractivity contribution in [3.05, 3.63) is 76.5 Å². The van der Waals surface area contributed by atoms with Gasteiger partial charge >= 0.3 is 0 Å². The molecule has 0 saturated heterocycles. The summed E-state index contributed by atoms with van der Waals surface area (Å²) in [6.45, 7) is 7.22. The summed E-state index contributed by atoms with van der Waals surface area (Å²) in [6.07, 6.45) is 1.68. The van der Waals surface area contributed by atoms with E-state index >= 15 is 0 Å². The Morgan fingerprint density at radius 1 is 1.07 bits per heavy atom. The standard InChI is InChI=1S/C21H23N5O2/c1-3-25(4-2)15-16-7-5-8-17(13-16)20-11-12-22-21(24-20)23-18-9-6-10-19(14-18)26(27)28/h5-14H,3-4,15H2,1-2H3,(H,22,23,24). The maximum atomic E-state index is 10.9. The first-order valence-corrected chi connectivity index (χ1v) is 9.25. The molecule has 0 atom stereocenters. The van der Waals surface area contributed by atoms with Gasteiger partial charge in [-0.15, -0.1) is 0 Å². The van der Waals surface area contributed by atoms with Gasteiger partial charge in [0.05, 0.1) is 10.6 Å². The minimum atomic E-state index is -0.427. The van der Waals surface area contributed by atoms with Crippen LogP contribution in [0.15, 0.2) is 60.8 Å². The number of benzene rings is 2. The molecule has 0 saturated carbocycles. The van der Waals surface area contributed by atoms with Crippen molar-refractivity contribution in [1.29, 1.82) is 0 Å². The van der Waals surface area contributed by atoms with Crippen LogP contribution >= 0.6 is 0 Å². The number of non-ortho nitro benzene ring substituents is 1. The van der Waals surface area contributed by atoms with E-state index in [2.05, 4.69) is 46.2 Å². The molecule has 1 aromatic heterocycles. The molecule has 28 heavy (non-hydrogen) atoms. The Labute approximate surface area is 164 Å². The lowest BCUT2D eigenvalue weighted by atomic mass is 10.1. The second-order valence-electron chi connectivity index (χ2n) is 6.36. The molecule has 7 nitrogen and oxygen atoms in total. The maximum Gasteiger partial charge on any atom is 0.271 e. The van der Waals surface area contributed by atoms with Crippen molar-refractivity contribution in [3.63, 3.8) is 0 Å². The van der Waals surface area contributed by atoms with Gasteiger partial charge in [0.25, 0.3) is 5.69 Å². The molecule has 0 amide bonds. The number of anilines is 2. The highest BCUT2D eigenvalue weighted by Gasteiger charge is 2.08. The molecule has 1 heterocycles. The second kappa shape index (κ2) is 9.05. The lowest BCUT2D eigenvalue weighted by Crippen LogP contribution is -2.22. The van der Waals surface area contributed by atoms with Crippen molar-refractivity contribution in [2.24, 2.45) is 0 Å². The molecule has 1 N–H and O–H groups in total. The topological polar surface area (TPSA) is 84.2 Å². The largest absolute Gasteiger partial charge is 0.324 e. The highest BCUT2D eigenvalue weighted by Crippen LogP contribution is 2.23. The van der Waals surface area contributed by atoms with Crippen molar-refractivity contribution in [2.45, 2.75) is 20.4 Å². The fourth-order valence-corrected chi connectivity index (χ4v) is 2.94. The van der Waals surface area contributed by atoms with E-state index in [1.54, 1.807) is 18.3 Å². The molecule has 0 unspecified atom stereocenters. The first-order valence-electron chi connectivity index (χ1n) is 9.25. The van der Waals surface area contributed by atoms with Crippen LogP contribution in [0, 0.1) is 10.1 Å². The van der Waals surface area contributed by atoms with Crippen LogP contribution in [0.2, 0.25) is 0 Å². The van der Waals surface area contributed by atoms with E-state index in [9.17, 15) is 10.1 Å². The van der Waals surface area contributed by atoms with Crippen molar-refractivity contribution >= 4 is 17.3 Å². The van der Waals surface area contributed by atoms with E-state index in [-0.39, 0.29) is 5.69 Å². The summed E-state index contributed by atoms with van der Waals surface area (Å²) in [7, 11) is 0. The third-order valence-electron chi connectivity index (χ3n) is 4.49. The van der Waals surface area contributed by atoms with Crippen LogP contribution in [0.4, 0.5) is 17.3 Å². The minimum Gasteiger partial charge on any atom is -0.324 e. The molecule has 0 bridgehead atoms. The minimum absolute atomic E-state index is 0.0188. The molecule has 0 spiro atoms. The van der Waals surface area contributed by atoms with Gasteiger partial charge in [-0.3, -0.25) is 15.0 Å². The Balaban J connectivity index is 1.82. The first kappa shape index (κ1) is 19.4. The molecule has 0 aliphatic carbocycles. The number of nitrogens with zero attached hydrogens (tertiary/aromatic N) is 4. The summed E-state index contributed by atoms with van der Waals surface area (Å²) in [5, 5.41) is 14.0. The normalized spacial score (nSPS) is 10.8. The predicted octanol–water partition coefficient (Wildman–Crippen LogP) is 4.64. The van der Waals surface area contributed by atoms with E-state index in [1.165, 1.54) is 17.7 Å². The summed E-state index contributed by atoms with van der Waals surface area (Å²) in [6, 6.07) is 16.4. The second-order valence-corrected chi connectivity index (χ2v) is 6.36. The third-order valence-corrected chi connectivity index (χ3v) is 4.49. The van der Waals surface area contributed by atoms with E-state index in [0.717, 1.165) is 30.9 Å². The van der Waals surface area contributed by atoms with Crippen LogP contribution in [0.25, 0.3) is 11.3 Å². The number of rotatable bonds is 8. The van der Waals surface area contributed by atoms with Crippen molar-refractivity contribution in [2.75, 3.05) is 18.4 Å². The van der Waals surface area contributed by atoms with Crippen molar-refractivity contribution in [3.8, 4) is 11.3 Å².